The van der Waals surface area contributed by atoms with Gasteiger partial charge in [0.25, 0.3) is 0 Å². The molecule has 9 heavy (non-hydrogen) atoms. The zero-order valence-corrected chi connectivity index (χ0v) is 9.07. The van der Waals surface area contributed by atoms with Crippen molar-refractivity contribution >= 4 is 39.5 Å². The molecule has 0 radical (unpaired) electrons. The van der Waals surface area contributed by atoms with Crippen molar-refractivity contribution in [2.24, 2.45) is 0 Å². The Labute approximate surface area is 70.9 Å². The van der Waals surface area contributed by atoms with Crippen LogP contribution in [0.2, 0.25) is 0 Å². The molecule has 0 spiro atoms. The van der Waals surface area contributed by atoms with Gasteiger partial charge in [0.2, 0.25) is 0 Å². The molecule has 56 valence electrons. The molecule has 0 aliphatic heterocycles. The van der Waals surface area contributed by atoms with E-state index in [4.69, 9.17) is 0 Å². The largest absolute Gasteiger partial charge is 0.354 e. The molecule has 0 aromatic heterocycles. The van der Waals surface area contributed by atoms with Crippen molar-refractivity contribution in [3.8, 4) is 0 Å². The van der Waals surface area contributed by atoms with E-state index < -0.39 is 11.1 Å². The minimum absolute atomic E-state index is 0.438. The summed E-state index contributed by atoms with van der Waals surface area (Å²) in [6.07, 6.45) is 0. The van der Waals surface area contributed by atoms with Gasteiger partial charge in [0.1, 0.15) is 0 Å². The van der Waals surface area contributed by atoms with Crippen LogP contribution in [-0.2, 0) is 13.6 Å². The smallest absolute Gasteiger partial charge is 0.311 e. The van der Waals surface area contributed by atoms with Crippen molar-refractivity contribution < 1.29 is 13.6 Å². The highest BCUT2D eigenvalue weighted by atomic mass is 79.9. The third-order valence-electron chi connectivity index (χ3n) is 0.748. The van der Waals surface area contributed by atoms with Gasteiger partial charge in [-0.15, -0.1) is 0 Å². The van der Waals surface area contributed by atoms with Gasteiger partial charge in [-0.05, 0) is 0 Å². The van der Waals surface area contributed by atoms with Crippen LogP contribution in [0.1, 0.15) is 0 Å². The molecule has 0 aromatic carbocycles. The molecule has 0 heterocycles. The van der Waals surface area contributed by atoms with E-state index in [0.717, 1.165) is 0 Å². The molecule has 0 rings (SSSR count). The van der Waals surface area contributed by atoms with Crippen LogP contribution in [0.4, 0.5) is 0 Å². The first-order chi connectivity index (χ1) is 4.06. The molecule has 0 fully saturated rings. The van der Waals surface area contributed by atoms with Gasteiger partial charge in [0.05, 0.1) is 0 Å². The van der Waals surface area contributed by atoms with E-state index in [2.05, 4.69) is 40.9 Å². The minimum Gasteiger partial charge on any atom is -0.311 e. The zero-order valence-electron chi connectivity index (χ0n) is 5.01. The second-order valence-corrected chi connectivity index (χ2v) is 7.98. The minimum atomic E-state index is -2.92. The molecule has 0 saturated heterocycles. The molecule has 0 aliphatic rings. The van der Waals surface area contributed by atoms with Crippen molar-refractivity contribution in [1.29, 1.82) is 0 Å². The number of halogens is 2. The van der Waals surface area contributed by atoms with Crippen LogP contribution in [0.5, 0.6) is 0 Å². The average molecular weight is 282 g/mol. The molecule has 0 aliphatic carbocycles. The van der Waals surface area contributed by atoms with E-state index in [0.29, 0.717) is 0 Å². The lowest BCUT2D eigenvalue weighted by molar-refractivity contribution is 0.279. The predicted molar refractivity (Wildman–Crippen MR) is 43.3 cm³/mol. The van der Waals surface area contributed by atoms with Crippen LogP contribution in [0.15, 0.2) is 0 Å². The third kappa shape index (κ3) is 2.68. The molecule has 0 N–H and O–H groups in total. The Bertz CT molecular complexity index is 118. The Morgan fingerprint density at radius 2 is 1.67 bits per heavy atom. The second kappa shape index (κ2) is 4.09. The first kappa shape index (κ1) is 10.1. The standard InChI is InChI=1S/C3H7Br2O3P/c1-7-9(6,8-2)3(4)5/h3H,1-2H3. The summed E-state index contributed by atoms with van der Waals surface area (Å²) in [6, 6.07) is 0. The SMILES string of the molecule is COP(=O)(OC)C(Br)Br. The molecule has 0 amide bonds. The summed E-state index contributed by atoms with van der Waals surface area (Å²) in [6.45, 7) is 0. The predicted octanol–water partition coefficient (Wildman–Crippen LogP) is 2.55. The Kier molecular flexibility index (Phi) is 4.59. The summed E-state index contributed by atoms with van der Waals surface area (Å²) in [5.41, 5.74) is 0. The molecular weight excluding hydrogens is 275 g/mol. The van der Waals surface area contributed by atoms with Crippen molar-refractivity contribution in [3.05, 3.63) is 0 Å². The highest BCUT2D eigenvalue weighted by Crippen LogP contribution is 2.56. The lowest BCUT2D eigenvalue weighted by atomic mass is 11.8. The lowest BCUT2D eigenvalue weighted by Gasteiger charge is -2.13. The van der Waals surface area contributed by atoms with Gasteiger partial charge in [0, 0.05) is 14.2 Å². The highest BCUT2D eigenvalue weighted by Gasteiger charge is 2.28. The van der Waals surface area contributed by atoms with E-state index in [1.54, 1.807) is 0 Å². The van der Waals surface area contributed by atoms with Crippen LogP contribution in [0.3, 0.4) is 0 Å². The fourth-order valence-corrected chi connectivity index (χ4v) is 2.71. The van der Waals surface area contributed by atoms with Crippen LogP contribution >= 0.6 is 39.5 Å². The molecule has 6 heteroatoms. The van der Waals surface area contributed by atoms with E-state index in [9.17, 15) is 4.57 Å². The summed E-state index contributed by atoms with van der Waals surface area (Å²) in [4.78, 5) is 0. The van der Waals surface area contributed by atoms with Crippen LogP contribution in [-0.4, -0.2) is 17.7 Å². The average Bonchev–Trinajstić information content (AvgIpc) is 1.86. The normalized spacial score (nSPS) is 12.6. The Morgan fingerprint density at radius 3 is 1.67 bits per heavy atom. The summed E-state index contributed by atoms with van der Waals surface area (Å²) >= 11 is 6.04. The molecule has 0 bridgehead atoms. The van der Waals surface area contributed by atoms with Gasteiger partial charge in [-0.25, -0.2) is 0 Å². The molecule has 0 saturated carbocycles. The van der Waals surface area contributed by atoms with E-state index in [1.807, 2.05) is 0 Å². The van der Waals surface area contributed by atoms with Gasteiger partial charge in [-0.1, -0.05) is 31.9 Å². The quantitative estimate of drug-likeness (QED) is 0.589. The van der Waals surface area contributed by atoms with E-state index in [1.165, 1.54) is 14.2 Å². The lowest BCUT2D eigenvalue weighted by Crippen LogP contribution is -1.94. The summed E-state index contributed by atoms with van der Waals surface area (Å²) in [5.74, 6) is 0. The van der Waals surface area contributed by atoms with Crippen molar-refractivity contribution in [3.63, 3.8) is 0 Å². The molecule has 0 aromatic rings. The molecule has 3 nitrogen and oxygen atoms in total. The Morgan fingerprint density at radius 1 is 1.33 bits per heavy atom. The van der Waals surface area contributed by atoms with Crippen molar-refractivity contribution in [2.75, 3.05) is 14.2 Å². The number of rotatable bonds is 3. The maximum absolute atomic E-state index is 11.1. The van der Waals surface area contributed by atoms with Gasteiger partial charge < -0.3 is 9.05 Å². The number of hydrogen-bond acceptors (Lipinski definition) is 3. The van der Waals surface area contributed by atoms with Gasteiger partial charge >= 0.3 is 7.60 Å². The third-order valence-corrected chi connectivity index (χ3v) is 5.25. The number of hydrogen-bond donors (Lipinski definition) is 0. The highest BCUT2D eigenvalue weighted by molar-refractivity contribution is 9.26. The van der Waals surface area contributed by atoms with Gasteiger partial charge in [0.15, 0.2) is 3.48 Å². The summed E-state index contributed by atoms with van der Waals surface area (Å²) in [5, 5.41) is 0. The maximum atomic E-state index is 11.1. The fourth-order valence-electron chi connectivity index (χ4n) is 0.234. The topological polar surface area (TPSA) is 35.5 Å². The van der Waals surface area contributed by atoms with Gasteiger partial charge in [-0.2, -0.15) is 0 Å². The summed E-state index contributed by atoms with van der Waals surface area (Å²) in [7, 11) is -0.253. The van der Waals surface area contributed by atoms with Crippen molar-refractivity contribution in [2.45, 2.75) is 3.48 Å². The first-order valence-corrected chi connectivity index (χ1v) is 5.50. The fraction of sp³-hybridized carbons (Fsp3) is 1.00. The summed E-state index contributed by atoms with van der Waals surface area (Å²) < 4.78 is 19.9. The number of alkyl halides is 2. The van der Waals surface area contributed by atoms with E-state index >= 15 is 0 Å². The van der Waals surface area contributed by atoms with Crippen molar-refractivity contribution in [1.82, 2.24) is 0 Å². The maximum Gasteiger partial charge on any atom is 0.354 e. The van der Waals surface area contributed by atoms with Crippen LogP contribution in [0.25, 0.3) is 0 Å². The molecular formula is C3H7Br2O3P. The van der Waals surface area contributed by atoms with Crippen LogP contribution < -0.4 is 0 Å². The Hall–Kier alpha value is 1.11. The van der Waals surface area contributed by atoms with E-state index in [-0.39, 0.29) is 0 Å². The van der Waals surface area contributed by atoms with Gasteiger partial charge in [-0.3, -0.25) is 4.57 Å². The molecule has 0 atom stereocenters. The zero-order chi connectivity index (χ0) is 7.49. The monoisotopic (exact) mass is 280 g/mol. The second-order valence-electron chi connectivity index (χ2n) is 1.18. The molecule has 0 unspecified atom stereocenters. The Balaban J connectivity index is 4.11. The first-order valence-electron chi connectivity index (χ1n) is 2.06. The van der Waals surface area contributed by atoms with Crippen LogP contribution in [0, 0.1) is 0 Å².